The molecular formula is C53H59N9O3. The molecule has 2 aromatic heterocycles. The number of carbonyl (C=O) groups excluding carboxylic acids is 3. The van der Waals surface area contributed by atoms with E-state index >= 15 is 0 Å². The number of carbonyl (C=O) groups is 3. The number of amides is 3. The summed E-state index contributed by atoms with van der Waals surface area (Å²) in [6.45, 7) is 5.02. The number of benzene rings is 4. The van der Waals surface area contributed by atoms with Crippen LogP contribution in [0.5, 0.6) is 0 Å². The number of hydrogen-bond donors (Lipinski definition) is 3. The lowest BCUT2D eigenvalue weighted by atomic mass is 10.00. The Morgan fingerprint density at radius 1 is 0.523 bits per heavy atom. The van der Waals surface area contributed by atoms with E-state index in [-0.39, 0.29) is 41.7 Å². The van der Waals surface area contributed by atoms with Gasteiger partial charge in [0, 0.05) is 18.7 Å². The van der Waals surface area contributed by atoms with Gasteiger partial charge in [0.25, 0.3) is 5.91 Å². The monoisotopic (exact) mass is 869 g/mol. The van der Waals surface area contributed by atoms with Gasteiger partial charge < -0.3 is 25.5 Å². The standard InChI is InChI=1S/C53H59N9O3/c54-49(63)46-45(57-51(58-46)44-20-14-34-62(44)53(65)48(41-17-7-2-8-18-41)60-31-11-4-12-32-60)39-27-23-37(24-28-39)36-21-25-38(26-22-36)42-35-55-50(56-42)43-19-13-33-61(43)52(64)47(40-15-5-1-6-16-40)59-29-9-3-10-30-59/h1-2,5-8,15-18,21-28,35,43-44,47-48H,3-4,9-14,19-20,29-34H2,(H2,54,63)(H,55,56)(H,57,58)/t43-,44-,47?,48?/m0/s1. The molecule has 12 heteroatoms. The van der Waals surface area contributed by atoms with Gasteiger partial charge in [0.2, 0.25) is 11.8 Å². The van der Waals surface area contributed by atoms with Crippen LogP contribution < -0.4 is 5.73 Å². The fourth-order valence-electron chi connectivity index (χ4n) is 10.8. The maximum Gasteiger partial charge on any atom is 0.269 e. The molecule has 0 spiro atoms. The molecule has 65 heavy (non-hydrogen) atoms. The van der Waals surface area contributed by atoms with E-state index in [2.05, 4.69) is 73.2 Å². The van der Waals surface area contributed by atoms with E-state index < -0.39 is 5.91 Å². The van der Waals surface area contributed by atoms with E-state index in [0.717, 1.165) is 129 Å². The van der Waals surface area contributed by atoms with Gasteiger partial charge in [0.05, 0.1) is 29.7 Å². The molecule has 4 aliphatic rings. The van der Waals surface area contributed by atoms with Crippen LogP contribution in [-0.4, -0.2) is 96.5 Å². The molecule has 4 atom stereocenters. The molecule has 0 radical (unpaired) electrons. The zero-order valence-electron chi connectivity index (χ0n) is 37.1. The van der Waals surface area contributed by atoms with E-state index in [0.29, 0.717) is 18.1 Å². The highest BCUT2D eigenvalue weighted by molar-refractivity contribution is 5.97. The van der Waals surface area contributed by atoms with Crippen LogP contribution in [0.1, 0.15) is 122 Å². The smallest absolute Gasteiger partial charge is 0.269 e. The summed E-state index contributed by atoms with van der Waals surface area (Å²) in [7, 11) is 0. The third kappa shape index (κ3) is 8.77. The average Bonchev–Trinajstić information content (AvgIpc) is 4.21. The van der Waals surface area contributed by atoms with Crippen LogP contribution >= 0.6 is 0 Å². The van der Waals surface area contributed by atoms with Gasteiger partial charge in [-0.15, -0.1) is 0 Å². The zero-order chi connectivity index (χ0) is 44.3. The molecule has 6 heterocycles. The lowest BCUT2D eigenvalue weighted by Gasteiger charge is -2.37. The van der Waals surface area contributed by atoms with E-state index in [4.69, 9.17) is 15.7 Å². The lowest BCUT2D eigenvalue weighted by Crippen LogP contribution is -2.44. The van der Waals surface area contributed by atoms with Crippen molar-refractivity contribution in [2.24, 2.45) is 5.73 Å². The minimum absolute atomic E-state index is 0.0789. The largest absolute Gasteiger partial charge is 0.364 e. The van der Waals surface area contributed by atoms with Crippen molar-refractivity contribution >= 4 is 17.7 Å². The topological polar surface area (TPSA) is 148 Å². The van der Waals surface area contributed by atoms with Crippen molar-refractivity contribution in [2.45, 2.75) is 88.4 Å². The number of nitrogens with two attached hydrogens (primary N) is 1. The first-order valence-electron chi connectivity index (χ1n) is 23.8. The third-order valence-electron chi connectivity index (χ3n) is 14.2. The van der Waals surface area contributed by atoms with Gasteiger partial charge in [-0.25, -0.2) is 9.97 Å². The van der Waals surface area contributed by atoms with Crippen LogP contribution in [0.2, 0.25) is 0 Å². The summed E-state index contributed by atoms with van der Waals surface area (Å²) in [6.07, 6.45) is 12.1. The minimum Gasteiger partial charge on any atom is -0.364 e. The molecule has 4 aromatic carbocycles. The number of primary amides is 1. The van der Waals surface area contributed by atoms with Gasteiger partial charge in [0.1, 0.15) is 23.7 Å². The summed E-state index contributed by atoms with van der Waals surface area (Å²) in [5.74, 6) is 1.05. The summed E-state index contributed by atoms with van der Waals surface area (Å²) >= 11 is 0. The van der Waals surface area contributed by atoms with Gasteiger partial charge >= 0.3 is 0 Å². The number of nitrogens with one attached hydrogen (secondary N) is 2. The summed E-state index contributed by atoms with van der Waals surface area (Å²) < 4.78 is 0. The fourth-order valence-corrected chi connectivity index (χ4v) is 10.8. The quantitative estimate of drug-likeness (QED) is 0.111. The van der Waals surface area contributed by atoms with Crippen LogP contribution in [-0.2, 0) is 9.59 Å². The number of aromatic nitrogens is 4. The van der Waals surface area contributed by atoms with Gasteiger partial charge in [-0.1, -0.05) is 122 Å². The Labute approximate surface area is 381 Å². The highest BCUT2D eigenvalue weighted by Gasteiger charge is 2.41. The number of likely N-dealkylation sites (tertiary alicyclic amines) is 4. The molecule has 4 aliphatic heterocycles. The molecule has 3 amide bonds. The maximum atomic E-state index is 14.5. The first-order chi connectivity index (χ1) is 31.9. The van der Waals surface area contributed by atoms with E-state index in [1.54, 1.807) is 0 Å². The van der Waals surface area contributed by atoms with E-state index in [1.165, 1.54) is 12.8 Å². The van der Waals surface area contributed by atoms with Crippen molar-refractivity contribution in [2.75, 3.05) is 39.3 Å². The van der Waals surface area contributed by atoms with Crippen molar-refractivity contribution in [3.63, 3.8) is 0 Å². The SMILES string of the molecule is NC(=O)c1nc([C@@H]2CCCN2C(=O)C(c2ccccc2)N2CCCCC2)[nH]c1-c1ccc(-c2ccc(-c3cnc([C@@H]4CCCN4C(=O)C(c4ccccc4)N4CCCCC4)[nH]3)cc2)cc1. The van der Waals surface area contributed by atoms with Gasteiger partial charge in [0.15, 0.2) is 5.69 Å². The van der Waals surface area contributed by atoms with Crippen molar-refractivity contribution < 1.29 is 14.4 Å². The number of aromatic amines is 2. The second-order valence-electron chi connectivity index (χ2n) is 18.2. The van der Waals surface area contributed by atoms with E-state index in [9.17, 15) is 14.4 Å². The van der Waals surface area contributed by atoms with Gasteiger partial charge in [-0.05, 0) is 105 Å². The van der Waals surface area contributed by atoms with Crippen LogP contribution in [0, 0.1) is 0 Å². The van der Waals surface area contributed by atoms with Crippen LogP contribution in [0.25, 0.3) is 33.6 Å². The third-order valence-corrected chi connectivity index (χ3v) is 14.2. The van der Waals surface area contributed by atoms with Crippen molar-refractivity contribution in [1.29, 1.82) is 0 Å². The Hall–Kier alpha value is -6.37. The number of piperidine rings is 2. The summed E-state index contributed by atoms with van der Waals surface area (Å²) in [5.41, 5.74) is 13.5. The molecule has 4 fully saturated rings. The predicted octanol–water partition coefficient (Wildman–Crippen LogP) is 9.01. The summed E-state index contributed by atoms with van der Waals surface area (Å²) in [6, 6.07) is 35.8. The summed E-state index contributed by atoms with van der Waals surface area (Å²) in [5, 5.41) is 0. The molecule has 0 bridgehead atoms. The molecule has 10 rings (SSSR count). The maximum absolute atomic E-state index is 14.5. The van der Waals surface area contributed by atoms with Crippen LogP contribution in [0.15, 0.2) is 115 Å². The highest BCUT2D eigenvalue weighted by atomic mass is 16.2. The normalized spacial score (nSPS) is 20.5. The Kier molecular flexibility index (Phi) is 12.4. The molecule has 0 saturated carbocycles. The minimum atomic E-state index is -0.614. The van der Waals surface area contributed by atoms with Crippen molar-refractivity contribution in [3.8, 4) is 33.6 Å². The Balaban J connectivity index is 0.838. The first-order valence-corrected chi connectivity index (χ1v) is 23.8. The molecular weight excluding hydrogens is 811 g/mol. The summed E-state index contributed by atoms with van der Waals surface area (Å²) in [4.78, 5) is 67.2. The second kappa shape index (κ2) is 19.0. The molecule has 334 valence electrons. The van der Waals surface area contributed by atoms with Crippen LogP contribution in [0.3, 0.4) is 0 Å². The molecule has 2 unspecified atom stereocenters. The second-order valence-corrected chi connectivity index (χ2v) is 18.2. The predicted molar refractivity (Wildman–Crippen MR) is 252 cm³/mol. The average molecular weight is 870 g/mol. The number of nitrogens with zero attached hydrogens (tertiary/aromatic N) is 6. The molecule has 4 saturated heterocycles. The Morgan fingerprint density at radius 3 is 1.48 bits per heavy atom. The Bertz CT molecular complexity index is 2580. The lowest BCUT2D eigenvalue weighted by molar-refractivity contribution is -0.139. The van der Waals surface area contributed by atoms with Crippen LogP contribution in [0.4, 0.5) is 0 Å². The number of rotatable bonds is 12. The molecule has 0 aliphatic carbocycles. The van der Waals surface area contributed by atoms with Crippen molar-refractivity contribution in [3.05, 3.63) is 144 Å². The van der Waals surface area contributed by atoms with E-state index in [1.807, 2.05) is 71.8 Å². The van der Waals surface area contributed by atoms with Gasteiger partial charge in [-0.2, -0.15) is 0 Å². The molecule has 12 nitrogen and oxygen atoms in total. The number of imidazole rings is 2. The van der Waals surface area contributed by atoms with Gasteiger partial charge in [-0.3, -0.25) is 24.2 Å². The molecule has 6 aromatic rings. The fraction of sp³-hybridized carbons (Fsp3) is 0.377. The number of H-pyrrole nitrogens is 2. The molecule has 4 N–H and O–H groups in total. The first kappa shape index (κ1) is 42.6. The highest BCUT2D eigenvalue weighted by Crippen LogP contribution is 2.39. The number of hydrogen-bond acceptors (Lipinski definition) is 7. The Morgan fingerprint density at radius 2 is 0.985 bits per heavy atom. The zero-order valence-corrected chi connectivity index (χ0v) is 37.1. The van der Waals surface area contributed by atoms with Crippen molar-refractivity contribution in [1.82, 2.24) is 39.5 Å².